The molecule has 4 heteroatoms. The third-order valence-corrected chi connectivity index (χ3v) is 3.44. The molecule has 16 heavy (non-hydrogen) atoms. The van der Waals surface area contributed by atoms with E-state index >= 15 is 0 Å². The van der Waals surface area contributed by atoms with Crippen LogP contribution in [0.2, 0.25) is 5.02 Å². The molecule has 1 aromatic rings. The highest BCUT2D eigenvalue weighted by molar-refractivity contribution is 6.31. The number of aryl methyl sites for hydroxylation is 1. The summed E-state index contributed by atoms with van der Waals surface area (Å²) in [4.78, 5) is 4.48. The Morgan fingerprint density at radius 3 is 2.75 bits per heavy atom. The zero-order chi connectivity index (χ0) is 11.6. The molecule has 1 fully saturated rings. The van der Waals surface area contributed by atoms with Crippen LogP contribution in [0.25, 0.3) is 0 Å². The molecule has 0 atom stereocenters. The van der Waals surface area contributed by atoms with Gasteiger partial charge in [0.05, 0.1) is 10.7 Å². The second-order valence-electron chi connectivity index (χ2n) is 4.27. The minimum Gasteiger partial charge on any atom is -0.383 e. The van der Waals surface area contributed by atoms with E-state index in [1.165, 1.54) is 0 Å². The maximum atomic E-state index is 10.6. The first-order valence-corrected chi connectivity index (χ1v) is 6.12. The third kappa shape index (κ3) is 2.21. The normalized spacial score (nSPS) is 19.7. The standard InChI is InChI=1S/C12H17ClN2O/c1-2-9-3-4-10(13)11(15-9)12(16)5-7-14-8-6-12/h3-4,14,16H,2,5-8H2,1H3. The van der Waals surface area contributed by atoms with Crippen molar-refractivity contribution < 1.29 is 5.11 Å². The van der Waals surface area contributed by atoms with Gasteiger partial charge >= 0.3 is 0 Å². The van der Waals surface area contributed by atoms with E-state index in [0.717, 1.165) is 25.2 Å². The van der Waals surface area contributed by atoms with Crippen LogP contribution in [-0.4, -0.2) is 23.2 Å². The van der Waals surface area contributed by atoms with Crippen LogP contribution in [-0.2, 0) is 12.0 Å². The molecule has 0 bridgehead atoms. The Hall–Kier alpha value is -0.640. The molecular weight excluding hydrogens is 224 g/mol. The van der Waals surface area contributed by atoms with E-state index in [1.54, 1.807) is 0 Å². The topological polar surface area (TPSA) is 45.1 Å². The molecule has 0 aromatic carbocycles. The highest BCUT2D eigenvalue weighted by atomic mass is 35.5. The predicted octanol–water partition coefficient (Wildman–Crippen LogP) is 1.87. The molecule has 1 saturated heterocycles. The molecular formula is C12H17ClN2O. The lowest BCUT2D eigenvalue weighted by Crippen LogP contribution is -2.40. The number of nitrogens with zero attached hydrogens (tertiary/aromatic N) is 1. The van der Waals surface area contributed by atoms with Crippen molar-refractivity contribution in [3.05, 3.63) is 28.5 Å². The fourth-order valence-electron chi connectivity index (χ4n) is 2.08. The van der Waals surface area contributed by atoms with Crippen LogP contribution in [0.4, 0.5) is 0 Å². The summed E-state index contributed by atoms with van der Waals surface area (Å²) < 4.78 is 0. The molecule has 1 aliphatic heterocycles. The lowest BCUT2D eigenvalue weighted by molar-refractivity contribution is 0.00183. The average Bonchev–Trinajstić information content (AvgIpc) is 2.30. The van der Waals surface area contributed by atoms with Crippen LogP contribution >= 0.6 is 11.6 Å². The molecule has 0 spiro atoms. The summed E-state index contributed by atoms with van der Waals surface area (Å²) in [5, 5.41) is 14.4. The zero-order valence-corrected chi connectivity index (χ0v) is 10.2. The minimum absolute atomic E-state index is 0.571. The fraction of sp³-hybridized carbons (Fsp3) is 0.583. The van der Waals surface area contributed by atoms with Crippen molar-refractivity contribution in [2.75, 3.05) is 13.1 Å². The molecule has 1 aliphatic rings. The first-order valence-electron chi connectivity index (χ1n) is 5.75. The Morgan fingerprint density at radius 2 is 2.12 bits per heavy atom. The average molecular weight is 241 g/mol. The summed E-state index contributed by atoms with van der Waals surface area (Å²) in [5.41, 5.74) is 0.773. The Bertz CT molecular complexity index is 375. The Labute approximate surface area is 101 Å². The van der Waals surface area contributed by atoms with Gasteiger partial charge in [-0.05, 0) is 44.5 Å². The Balaban J connectivity index is 2.37. The van der Waals surface area contributed by atoms with Crippen molar-refractivity contribution in [3.63, 3.8) is 0 Å². The summed E-state index contributed by atoms with van der Waals surface area (Å²) in [6.07, 6.45) is 2.21. The van der Waals surface area contributed by atoms with Crippen molar-refractivity contribution in [3.8, 4) is 0 Å². The van der Waals surface area contributed by atoms with Gasteiger partial charge in [-0.1, -0.05) is 18.5 Å². The first-order chi connectivity index (χ1) is 7.65. The highest BCUT2D eigenvalue weighted by Gasteiger charge is 2.34. The van der Waals surface area contributed by atoms with Gasteiger partial charge in [0.15, 0.2) is 0 Å². The molecule has 0 unspecified atom stereocenters. The quantitative estimate of drug-likeness (QED) is 0.830. The predicted molar refractivity (Wildman–Crippen MR) is 64.6 cm³/mol. The second kappa shape index (κ2) is 4.70. The van der Waals surface area contributed by atoms with Crippen LogP contribution in [0.15, 0.2) is 12.1 Å². The van der Waals surface area contributed by atoms with Gasteiger partial charge in [-0.15, -0.1) is 0 Å². The maximum absolute atomic E-state index is 10.6. The first kappa shape index (κ1) is 11.8. The van der Waals surface area contributed by atoms with Crippen LogP contribution in [0.1, 0.15) is 31.2 Å². The summed E-state index contributed by atoms with van der Waals surface area (Å²) >= 11 is 6.13. The van der Waals surface area contributed by atoms with E-state index in [9.17, 15) is 5.11 Å². The van der Waals surface area contributed by atoms with Gasteiger partial charge in [0.1, 0.15) is 5.60 Å². The third-order valence-electron chi connectivity index (χ3n) is 3.14. The molecule has 0 saturated carbocycles. The van der Waals surface area contributed by atoms with Gasteiger partial charge in [0, 0.05) is 5.69 Å². The van der Waals surface area contributed by atoms with Crippen molar-refractivity contribution in [2.24, 2.45) is 0 Å². The number of piperidine rings is 1. The number of aromatic nitrogens is 1. The Morgan fingerprint density at radius 1 is 1.44 bits per heavy atom. The van der Waals surface area contributed by atoms with Crippen molar-refractivity contribution in [1.29, 1.82) is 0 Å². The molecule has 88 valence electrons. The van der Waals surface area contributed by atoms with E-state index < -0.39 is 5.60 Å². The number of aliphatic hydroxyl groups is 1. The fourth-order valence-corrected chi connectivity index (χ4v) is 2.36. The molecule has 2 rings (SSSR count). The van der Waals surface area contributed by atoms with Gasteiger partial charge in [-0.3, -0.25) is 4.98 Å². The SMILES string of the molecule is CCc1ccc(Cl)c(C2(O)CCNCC2)n1. The molecule has 0 aliphatic carbocycles. The van der Waals surface area contributed by atoms with Gasteiger partial charge in [-0.2, -0.15) is 0 Å². The van der Waals surface area contributed by atoms with Crippen LogP contribution < -0.4 is 5.32 Å². The molecule has 0 amide bonds. The number of hydrogen-bond acceptors (Lipinski definition) is 3. The van der Waals surface area contributed by atoms with E-state index in [0.29, 0.717) is 23.6 Å². The van der Waals surface area contributed by atoms with Crippen molar-refractivity contribution >= 4 is 11.6 Å². The molecule has 2 heterocycles. The summed E-state index contributed by atoms with van der Waals surface area (Å²) in [6, 6.07) is 3.75. The molecule has 2 N–H and O–H groups in total. The van der Waals surface area contributed by atoms with Gasteiger partial charge in [0.2, 0.25) is 0 Å². The monoisotopic (exact) mass is 240 g/mol. The van der Waals surface area contributed by atoms with Crippen molar-refractivity contribution in [2.45, 2.75) is 31.8 Å². The number of halogens is 1. The van der Waals surface area contributed by atoms with Crippen LogP contribution in [0, 0.1) is 0 Å². The van der Waals surface area contributed by atoms with E-state index in [2.05, 4.69) is 10.3 Å². The lowest BCUT2D eigenvalue weighted by atomic mass is 9.88. The van der Waals surface area contributed by atoms with E-state index in [4.69, 9.17) is 11.6 Å². The van der Waals surface area contributed by atoms with Gasteiger partial charge in [0.25, 0.3) is 0 Å². The smallest absolute Gasteiger partial charge is 0.110 e. The lowest BCUT2D eigenvalue weighted by Gasteiger charge is -2.32. The summed E-state index contributed by atoms with van der Waals surface area (Å²) in [7, 11) is 0. The van der Waals surface area contributed by atoms with Crippen LogP contribution in [0.5, 0.6) is 0 Å². The van der Waals surface area contributed by atoms with Gasteiger partial charge in [-0.25, -0.2) is 0 Å². The molecule has 0 radical (unpaired) electrons. The maximum Gasteiger partial charge on any atom is 0.110 e. The zero-order valence-electron chi connectivity index (χ0n) is 9.46. The van der Waals surface area contributed by atoms with Crippen molar-refractivity contribution in [1.82, 2.24) is 10.3 Å². The minimum atomic E-state index is -0.854. The molecule has 3 nitrogen and oxygen atoms in total. The number of rotatable bonds is 2. The van der Waals surface area contributed by atoms with E-state index in [-0.39, 0.29) is 0 Å². The number of hydrogen-bond donors (Lipinski definition) is 2. The largest absolute Gasteiger partial charge is 0.383 e. The number of pyridine rings is 1. The summed E-state index contributed by atoms with van der Waals surface area (Å²) in [6.45, 7) is 3.67. The Kier molecular flexibility index (Phi) is 3.47. The second-order valence-corrected chi connectivity index (χ2v) is 4.68. The highest BCUT2D eigenvalue weighted by Crippen LogP contribution is 2.33. The summed E-state index contributed by atoms with van der Waals surface area (Å²) in [5.74, 6) is 0. The number of nitrogens with one attached hydrogen (secondary N) is 1. The van der Waals surface area contributed by atoms with Crippen LogP contribution in [0.3, 0.4) is 0 Å². The molecule has 1 aromatic heterocycles. The van der Waals surface area contributed by atoms with Gasteiger partial charge < -0.3 is 10.4 Å². The van der Waals surface area contributed by atoms with E-state index in [1.807, 2.05) is 19.1 Å².